The number of benzene rings is 13. The van der Waals surface area contributed by atoms with E-state index < -0.39 is 0 Å². The summed E-state index contributed by atoms with van der Waals surface area (Å²) in [5, 5.41) is 7.36. The van der Waals surface area contributed by atoms with Crippen LogP contribution in [0.25, 0.3) is 54.7 Å². The third kappa shape index (κ3) is 9.29. The predicted molar refractivity (Wildman–Crippen MR) is 322 cm³/mol. The van der Waals surface area contributed by atoms with Gasteiger partial charge in [-0.25, -0.2) is 0 Å². The van der Waals surface area contributed by atoms with Gasteiger partial charge in [0.2, 0.25) is 0 Å². The molecule has 0 radical (unpaired) electrons. The van der Waals surface area contributed by atoms with Crippen molar-refractivity contribution in [3.63, 3.8) is 0 Å². The summed E-state index contributed by atoms with van der Waals surface area (Å²) in [6.45, 7) is 6.38. The highest BCUT2D eigenvalue weighted by molar-refractivity contribution is 6.39. The van der Waals surface area contributed by atoms with Crippen LogP contribution < -0.4 is 23.8 Å². The molecule has 0 heterocycles. The summed E-state index contributed by atoms with van der Waals surface area (Å²) in [4.78, 5) is 2.34. The average molecular weight is 1010 g/mol. The van der Waals surface area contributed by atoms with E-state index in [0.717, 1.165) is 88.0 Å². The molecule has 0 aliphatic rings. The Hall–Kier alpha value is -10.1. The summed E-state index contributed by atoms with van der Waals surface area (Å²) in [5.74, 6) is 5.49. The van der Waals surface area contributed by atoms with Crippen LogP contribution in [0.2, 0.25) is 0 Å². The molecule has 0 aliphatic carbocycles. The summed E-state index contributed by atoms with van der Waals surface area (Å²) in [7, 11) is 0. The number of nitrogens with zero attached hydrogens (tertiary/aromatic N) is 1. The second kappa shape index (κ2) is 20.6. The molecule has 5 heteroatoms. The maximum atomic E-state index is 7.31. The topological polar surface area (TPSA) is 40.2 Å². The monoisotopic (exact) mass is 1010 g/mol. The summed E-state index contributed by atoms with van der Waals surface area (Å²) in [6.07, 6.45) is 2.29. The lowest BCUT2D eigenvalue weighted by Gasteiger charge is -2.30. The first kappa shape index (κ1) is 47.6. The lowest BCUT2D eigenvalue weighted by atomic mass is 9.87. The molecule has 0 fully saturated rings. The Morgan fingerprint density at radius 2 is 0.679 bits per heavy atom. The Kier molecular flexibility index (Phi) is 12.5. The number of ether oxygens (including phenoxy) is 4. The average Bonchev–Trinajstić information content (AvgIpc) is 3.36. The van der Waals surface area contributed by atoms with Crippen LogP contribution in [0.3, 0.4) is 0 Å². The van der Waals surface area contributed by atoms with Crippen molar-refractivity contribution in [1.29, 1.82) is 0 Å². The number of hydrogen-bond acceptors (Lipinski definition) is 5. The highest BCUT2D eigenvalue weighted by Gasteiger charge is 2.29. The highest BCUT2D eigenvalue weighted by Crippen LogP contribution is 2.57. The molecule has 0 aromatic heterocycles. The van der Waals surface area contributed by atoms with E-state index in [4.69, 9.17) is 18.9 Å². The molecule has 0 spiro atoms. The number of fused-ring (bicyclic) bond motifs is 2. The summed E-state index contributed by atoms with van der Waals surface area (Å²) in [5.41, 5.74) is 11.0. The van der Waals surface area contributed by atoms with E-state index in [1.807, 2.05) is 121 Å². The number of aryl methyl sites for hydroxylation is 3. The predicted octanol–water partition coefficient (Wildman–Crippen LogP) is 20.9. The van der Waals surface area contributed by atoms with E-state index in [1.165, 1.54) is 11.1 Å². The van der Waals surface area contributed by atoms with Gasteiger partial charge in [-0.3, -0.25) is 0 Å². The number of hydrogen-bond donors (Lipinski definition) is 0. The van der Waals surface area contributed by atoms with Crippen molar-refractivity contribution in [1.82, 2.24) is 0 Å². The van der Waals surface area contributed by atoms with Crippen molar-refractivity contribution in [2.75, 3.05) is 4.90 Å². The minimum absolute atomic E-state index is 0.643. The molecular weight excluding hydrogens is 955 g/mol. The molecule has 13 aromatic carbocycles. The van der Waals surface area contributed by atoms with Gasteiger partial charge in [-0.15, -0.1) is 0 Å². The minimum atomic E-state index is 0.643. The molecule has 0 atom stereocenters. The number of rotatable bonds is 14. The maximum Gasteiger partial charge on any atom is 0.138 e. The molecule has 374 valence electrons. The molecule has 0 unspecified atom stereocenters. The van der Waals surface area contributed by atoms with Crippen LogP contribution in [0.1, 0.15) is 33.4 Å². The van der Waals surface area contributed by atoms with Gasteiger partial charge in [0.05, 0.1) is 5.69 Å². The normalized spacial score (nSPS) is 11.3. The first-order valence-electron chi connectivity index (χ1n) is 26.4. The summed E-state index contributed by atoms with van der Waals surface area (Å²) >= 11 is 0. The van der Waals surface area contributed by atoms with Crippen molar-refractivity contribution in [3.05, 3.63) is 294 Å². The van der Waals surface area contributed by atoms with Gasteiger partial charge in [0, 0.05) is 55.1 Å². The van der Waals surface area contributed by atoms with E-state index in [-0.39, 0.29) is 0 Å². The standard InChI is InChI=1S/C73H53NO4/c1-48-24-32-52(33-25-48)62(53-34-26-49(2)27-35-53)46-51-30-40-56(41-31-51)74(55-38-28-50(3)29-39-55)63-47-67(78-60-22-14-7-15-23-60)73-69-61(63)42-45-66(77-59-20-12-6-13-21-59)72(69)70-64(75-57-16-8-4-9-17-57)43-36-54-37-44-65(71(73)68(54)70)76-58-18-10-5-11-19-58/h4-47H,1-3H3. The minimum Gasteiger partial charge on any atom is -0.457 e. The van der Waals surface area contributed by atoms with Crippen LogP contribution in [-0.2, 0) is 0 Å². The van der Waals surface area contributed by atoms with Gasteiger partial charge in [-0.05, 0) is 152 Å². The molecule has 0 N–H and O–H groups in total. The molecule has 13 rings (SSSR count). The van der Waals surface area contributed by atoms with Crippen molar-refractivity contribution >= 4 is 71.8 Å². The molecule has 13 aromatic rings. The quantitative estimate of drug-likeness (QED) is 0.0617. The third-order valence-corrected chi connectivity index (χ3v) is 14.4. The van der Waals surface area contributed by atoms with Crippen LogP contribution in [0.15, 0.2) is 261 Å². The first-order valence-corrected chi connectivity index (χ1v) is 26.4. The summed E-state index contributed by atoms with van der Waals surface area (Å²) in [6, 6.07) is 90.0. The Bertz CT molecular complexity index is 4130. The Balaban J connectivity index is 1.13. The fraction of sp³-hybridized carbons (Fsp3) is 0.0411. The molecule has 5 nitrogen and oxygen atoms in total. The molecule has 0 saturated carbocycles. The van der Waals surface area contributed by atoms with Crippen LogP contribution in [0, 0.1) is 20.8 Å². The first-order chi connectivity index (χ1) is 38.4. The Morgan fingerprint density at radius 3 is 1.12 bits per heavy atom. The molecule has 0 amide bonds. The van der Waals surface area contributed by atoms with E-state index in [1.54, 1.807) is 0 Å². The van der Waals surface area contributed by atoms with Gasteiger partial charge in [0.1, 0.15) is 46.0 Å². The van der Waals surface area contributed by atoms with Crippen molar-refractivity contribution in [3.8, 4) is 46.0 Å². The van der Waals surface area contributed by atoms with E-state index >= 15 is 0 Å². The largest absolute Gasteiger partial charge is 0.457 e. The third-order valence-electron chi connectivity index (χ3n) is 14.4. The second-order valence-corrected chi connectivity index (χ2v) is 19.8. The van der Waals surface area contributed by atoms with Crippen molar-refractivity contribution in [2.45, 2.75) is 20.8 Å². The SMILES string of the molecule is Cc1ccc(C(=Cc2ccc(N(c3ccc(C)cc3)c3cc(Oc4ccccc4)c4c5c(Oc6ccccc6)ccc6ccc(Oc7ccccc7)c(c7c(Oc8ccccc8)ccc3c74)c65)cc2)c2ccc(C)cc2)cc1. The smallest absolute Gasteiger partial charge is 0.138 e. The molecule has 78 heavy (non-hydrogen) atoms. The van der Waals surface area contributed by atoms with E-state index in [9.17, 15) is 0 Å². The lowest BCUT2D eigenvalue weighted by molar-refractivity contribution is 0.483. The highest BCUT2D eigenvalue weighted by atomic mass is 16.5. The lowest BCUT2D eigenvalue weighted by Crippen LogP contribution is -2.11. The molecule has 0 saturated heterocycles. The van der Waals surface area contributed by atoms with Crippen LogP contribution in [0.5, 0.6) is 46.0 Å². The maximum absolute atomic E-state index is 7.31. The van der Waals surface area contributed by atoms with E-state index in [0.29, 0.717) is 46.0 Å². The number of anilines is 3. The van der Waals surface area contributed by atoms with Crippen LogP contribution in [0.4, 0.5) is 17.1 Å². The van der Waals surface area contributed by atoms with Gasteiger partial charge in [0.25, 0.3) is 0 Å². The van der Waals surface area contributed by atoms with Gasteiger partial charge in [0.15, 0.2) is 0 Å². The number of para-hydroxylation sites is 4. The fourth-order valence-electron chi connectivity index (χ4n) is 10.6. The van der Waals surface area contributed by atoms with Crippen molar-refractivity contribution < 1.29 is 18.9 Å². The van der Waals surface area contributed by atoms with Gasteiger partial charge < -0.3 is 23.8 Å². The van der Waals surface area contributed by atoms with Gasteiger partial charge >= 0.3 is 0 Å². The molecule has 0 aliphatic heterocycles. The zero-order valence-electron chi connectivity index (χ0n) is 43.5. The van der Waals surface area contributed by atoms with Crippen LogP contribution >= 0.6 is 0 Å². The second-order valence-electron chi connectivity index (χ2n) is 19.8. The van der Waals surface area contributed by atoms with Crippen molar-refractivity contribution in [2.24, 2.45) is 0 Å². The molecular formula is C73H53NO4. The summed E-state index contributed by atoms with van der Waals surface area (Å²) < 4.78 is 28.4. The molecule has 0 bridgehead atoms. The van der Waals surface area contributed by atoms with Crippen LogP contribution in [-0.4, -0.2) is 0 Å². The zero-order valence-corrected chi connectivity index (χ0v) is 43.5. The zero-order chi connectivity index (χ0) is 52.5. The van der Waals surface area contributed by atoms with Gasteiger partial charge in [-0.2, -0.15) is 0 Å². The Labute approximate surface area is 454 Å². The Morgan fingerprint density at radius 1 is 0.321 bits per heavy atom. The fourth-order valence-corrected chi connectivity index (χ4v) is 10.6. The van der Waals surface area contributed by atoms with Gasteiger partial charge in [-0.1, -0.05) is 174 Å². The van der Waals surface area contributed by atoms with E-state index in [2.05, 4.69) is 171 Å².